The highest BCUT2D eigenvalue weighted by Crippen LogP contribution is 2.07. The van der Waals surface area contributed by atoms with Gasteiger partial charge >= 0.3 is 0 Å². The average molecular weight is 154 g/mol. The van der Waals surface area contributed by atoms with Gasteiger partial charge in [0, 0.05) is 6.07 Å². The molecule has 1 heterocycles. The number of aromatic nitrogens is 1. The summed E-state index contributed by atoms with van der Waals surface area (Å²) >= 11 is 0. The molecule has 1 rings (SSSR count). The van der Waals surface area contributed by atoms with Gasteiger partial charge in [-0.2, -0.15) is 4.98 Å². The van der Waals surface area contributed by atoms with Gasteiger partial charge in [0.15, 0.2) is 0 Å². The number of rotatable bonds is 3. The van der Waals surface area contributed by atoms with Crippen molar-refractivity contribution in [3.05, 3.63) is 18.2 Å². The predicted octanol–water partition coefficient (Wildman–Crippen LogP) is 0.0349. The quantitative estimate of drug-likeness (QED) is 0.644. The van der Waals surface area contributed by atoms with Crippen LogP contribution in [0.5, 0.6) is 5.88 Å². The Hall–Kier alpha value is -1.29. The predicted molar refractivity (Wildman–Crippen MR) is 41.2 cm³/mol. The highest BCUT2D eigenvalue weighted by atomic mass is 16.5. The third kappa shape index (κ3) is 2.43. The second kappa shape index (κ2) is 3.78. The summed E-state index contributed by atoms with van der Waals surface area (Å²) in [6.07, 6.45) is 0. The molecule has 0 fully saturated rings. The van der Waals surface area contributed by atoms with Gasteiger partial charge in [-0.15, -0.1) is 0 Å². The highest BCUT2D eigenvalue weighted by molar-refractivity contribution is 5.30. The summed E-state index contributed by atoms with van der Waals surface area (Å²) in [5, 5.41) is 8.41. The molecule has 0 atom stereocenters. The van der Waals surface area contributed by atoms with Crippen LogP contribution in [0.15, 0.2) is 18.2 Å². The molecule has 4 nitrogen and oxygen atoms in total. The zero-order valence-electron chi connectivity index (χ0n) is 6.03. The molecule has 0 bridgehead atoms. The second-order valence-electron chi connectivity index (χ2n) is 1.97. The molecule has 1 aromatic heterocycles. The van der Waals surface area contributed by atoms with Crippen molar-refractivity contribution in [1.29, 1.82) is 0 Å². The smallest absolute Gasteiger partial charge is 0.215 e. The lowest BCUT2D eigenvalue weighted by atomic mass is 10.4. The number of hydrogen-bond donors (Lipinski definition) is 2. The number of aliphatic hydroxyl groups is 1. The normalized spacial score (nSPS) is 9.55. The van der Waals surface area contributed by atoms with Gasteiger partial charge in [-0.25, -0.2) is 0 Å². The molecule has 0 aliphatic heterocycles. The van der Waals surface area contributed by atoms with E-state index in [9.17, 15) is 0 Å². The van der Waals surface area contributed by atoms with Gasteiger partial charge in [0.05, 0.1) is 6.61 Å². The average Bonchev–Trinajstić information content (AvgIpc) is 2.01. The van der Waals surface area contributed by atoms with Crippen LogP contribution in [-0.2, 0) is 0 Å². The van der Waals surface area contributed by atoms with Gasteiger partial charge in [0.25, 0.3) is 0 Å². The largest absolute Gasteiger partial charge is 0.475 e. The van der Waals surface area contributed by atoms with Gasteiger partial charge < -0.3 is 15.6 Å². The van der Waals surface area contributed by atoms with Crippen LogP contribution < -0.4 is 10.5 Å². The van der Waals surface area contributed by atoms with E-state index in [2.05, 4.69) is 4.98 Å². The van der Waals surface area contributed by atoms with Crippen molar-refractivity contribution in [2.24, 2.45) is 0 Å². The summed E-state index contributed by atoms with van der Waals surface area (Å²) in [6, 6.07) is 5.10. The van der Waals surface area contributed by atoms with Crippen LogP contribution in [0.2, 0.25) is 0 Å². The van der Waals surface area contributed by atoms with Crippen LogP contribution in [-0.4, -0.2) is 23.3 Å². The zero-order chi connectivity index (χ0) is 8.10. The zero-order valence-corrected chi connectivity index (χ0v) is 6.03. The van der Waals surface area contributed by atoms with Gasteiger partial charge in [-0.05, 0) is 6.07 Å². The molecule has 60 valence electrons. The minimum absolute atomic E-state index is 0.0174. The lowest BCUT2D eigenvalue weighted by Crippen LogP contribution is -2.03. The van der Waals surface area contributed by atoms with E-state index in [4.69, 9.17) is 15.6 Å². The number of hydrogen-bond acceptors (Lipinski definition) is 4. The van der Waals surface area contributed by atoms with E-state index in [1.54, 1.807) is 18.2 Å². The summed E-state index contributed by atoms with van der Waals surface area (Å²) in [5.41, 5.74) is 5.38. The molecule has 0 spiro atoms. The molecule has 0 unspecified atom stereocenters. The highest BCUT2D eigenvalue weighted by Gasteiger charge is 1.93. The van der Waals surface area contributed by atoms with Crippen LogP contribution in [0.3, 0.4) is 0 Å². The third-order valence-electron chi connectivity index (χ3n) is 1.09. The molecule has 0 saturated heterocycles. The number of nitrogens with two attached hydrogens (primary N) is 1. The first kappa shape index (κ1) is 7.81. The Kier molecular flexibility index (Phi) is 2.68. The van der Waals surface area contributed by atoms with Crippen molar-refractivity contribution < 1.29 is 9.84 Å². The van der Waals surface area contributed by atoms with Crippen molar-refractivity contribution in [1.82, 2.24) is 4.98 Å². The fourth-order valence-electron chi connectivity index (χ4n) is 0.661. The fraction of sp³-hybridized carbons (Fsp3) is 0.286. The van der Waals surface area contributed by atoms with Gasteiger partial charge in [0.2, 0.25) is 5.88 Å². The summed E-state index contributed by atoms with van der Waals surface area (Å²) in [4.78, 5) is 3.86. The number of pyridine rings is 1. The first-order valence-corrected chi connectivity index (χ1v) is 3.29. The minimum atomic E-state index is -0.0174. The van der Waals surface area contributed by atoms with E-state index in [1.165, 1.54) is 0 Å². The molecule has 1 aromatic rings. The van der Waals surface area contributed by atoms with E-state index >= 15 is 0 Å². The van der Waals surface area contributed by atoms with Crippen molar-refractivity contribution in [2.45, 2.75) is 0 Å². The maximum absolute atomic E-state index is 8.41. The second-order valence-corrected chi connectivity index (χ2v) is 1.97. The molecule has 0 saturated carbocycles. The SMILES string of the molecule is Nc1cccc(OCCO)n1. The molecule has 11 heavy (non-hydrogen) atoms. The molecule has 4 heteroatoms. The van der Waals surface area contributed by atoms with Crippen molar-refractivity contribution >= 4 is 5.82 Å². The Morgan fingerprint density at radius 1 is 1.55 bits per heavy atom. The lowest BCUT2D eigenvalue weighted by molar-refractivity contribution is 0.197. The van der Waals surface area contributed by atoms with E-state index < -0.39 is 0 Å². The van der Waals surface area contributed by atoms with Crippen LogP contribution >= 0.6 is 0 Å². The number of nitrogen functional groups attached to an aromatic ring is 1. The van der Waals surface area contributed by atoms with Crippen molar-refractivity contribution in [3.8, 4) is 5.88 Å². The Bertz CT molecular complexity index is 227. The number of nitrogens with zero attached hydrogens (tertiary/aromatic N) is 1. The number of aliphatic hydroxyl groups excluding tert-OH is 1. The van der Waals surface area contributed by atoms with Crippen LogP contribution in [0.4, 0.5) is 5.82 Å². The molecule has 3 N–H and O–H groups in total. The van der Waals surface area contributed by atoms with E-state index in [1.807, 2.05) is 0 Å². The maximum Gasteiger partial charge on any atom is 0.215 e. The van der Waals surface area contributed by atoms with Crippen LogP contribution in [0.25, 0.3) is 0 Å². The number of anilines is 1. The Balaban J connectivity index is 2.56. The molecule has 0 amide bonds. The molecule has 0 radical (unpaired) electrons. The summed E-state index contributed by atoms with van der Waals surface area (Å²) in [5.74, 6) is 0.861. The molecular formula is C7H10N2O2. The Morgan fingerprint density at radius 3 is 3.00 bits per heavy atom. The first-order valence-electron chi connectivity index (χ1n) is 3.29. The molecule has 0 aliphatic rings. The maximum atomic E-state index is 8.41. The monoisotopic (exact) mass is 154 g/mol. The van der Waals surface area contributed by atoms with Gasteiger partial charge in [0.1, 0.15) is 12.4 Å². The van der Waals surface area contributed by atoms with Crippen LogP contribution in [0, 0.1) is 0 Å². The third-order valence-corrected chi connectivity index (χ3v) is 1.09. The van der Waals surface area contributed by atoms with Crippen molar-refractivity contribution in [2.75, 3.05) is 18.9 Å². The minimum Gasteiger partial charge on any atom is -0.475 e. The fourth-order valence-corrected chi connectivity index (χ4v) is 0.661. The topological polar surface area (TPSA) is 68.4 Å². The van der Waals surface area contributed by atoms with Gasteiger partial charge in [-0.3, -0.25) is 0 Å². The summed E-state index contributed by atoms with van der Waals surface area (Å²) in [6.45, 7) is 0.229. The summed E-state index contributed by atoms with van der Waals surface area (Å²) < 4.78 is 4.99. The molecular weight excluding hydrogens is 144 g/mol. The molecule has 0 aliphatic carbocycles. The number of ether oxygens (including phenoxy) is 1. The standard InChI is InChI=1S/C7H10N2O2/c8-6-2-1-3-7(9-6)11-5-4-10/h1-3,10H,4-5H2,(H2,8,9). The van der Waals surface area contributed by atoms with Crippen LogP contribution in [0.1, 0.15) is 0 Å². The first-order chi connectivity index (χ1) is 5.33. The van der Waals surface area contributed by atoms with Gasteiger partial charge in [-0.1, -0.05) is 6.07 Å². The van der Waals surface area contributed by atoms with E-state index in [0.29, 0.717) is 11.7 Å². The van der Waals surface area contributed by atoms with E-state index in [0.717, 1.165) is 0 Å². The van der Waals surface area contributed by atoms with E-state index in [-0.39, 0.29) is 13.2 Å². The summed E-state index contributed by atoms with van der Waals surface area (Å²) in [7, 11) is 0. The Labute approximate surface area is 64.6 Å². The molecule has 0 aromatic carbocycles. The van der Waals surface area contributed by atoms with Crippen molar-refractivity contribution in [3.63, 3.8) is 0 Å². The Morgan fingerprint density at radius 2 is 2.36 bits per heavy atom. The lowest BCUT2D eigenvalue weighted by Gasteiger charge is -2.01.